The molecular weight excluding hydrogens is 534 g/mol. The molecule has 1 fully saturated rings. The summed E-state index contributed by atoms with van der Waals surface area (Å²) in [5, 5.41) is 3.13. The van der Waals surface area contributed by atoms with Crippen molar-refractivity contribution >= 4 is 27.5 Å². The molecule has 1 aliphatic carbocycles. The number of anilines is 1. The molecule has 2 aromatic rings. The van der Waals surface area contributed by atoms with E-state index >= 15 is 0 Å². The first-order valence-electron chi connectivity index (χ1n) is 13.8. The van der Waals surface area contributed by atoms with Gasteiger partial charge in [-0.25, -0.2) is 8.42 Å². The molecule has 40 heavy (non-hydrogen) atoms. The highest BCUT2D eigenvalue weighted by atomic mass is 32.2. The van der Waals surface area contributed by atoms with Gasteiger partial charge < -0.3 is 24.4 Å². The summed E-state index contributed by atoms with van der Waals surface area (Å²) in [6.45, 7) is 2.18. The Hall–Kier alpha value is -3.47. The maximum Gasteiger partial charge on any atom is 0.242 e. The highest BCUT2D eigenvalue weighted by Gasteiger charge is 2.29. The lowest BCUT2D eigenvalue weighted by molar-refractivity contribution is -0.141. The van der Waals surface area contributed by atoms with Crippen LogP contribution in [-0.2, 0) is 26.2 Å². The average Bonchev–Trinajstić information content (AvgIpc) is 3.42. The Balaban J connectivity index is 1.45. The SMILES string of the molecule is COc1ccc(CN(C(=O)CCCN(c2ccc3c(c2)OCO3)S(C)(=O)=O)[C@@H](C)C(=O)NC2CCCCC2)cc1. The van der Waals surface area contributed by atoms with Crippen molar-refractivity contribution in [2.45, 2.75) is 70.5 Å². The second-order valence-electron chi connectivity index (χ2n) is 10.4. The lowest BCUT2D eigenvalue weighted by Gasteiger charge is -2.31. The van der Waals surface area contributed by atoms with Gasteiger partial charge in [0.05, 0.1) is 19.1 Å². The van der Waals surface area contributed by atoms with E-state index in [1.54, 1.807) is 37.1 Å². The third-order valence-electron chi connectivity index (χ3n) is 7.43. The minimum Gasteiger partial charge on any atom is -0.497 e. The summed E-state index contributed by atoms with van der Waals surface area (Å²) in [6, 6.07) is 11.8. The number of amides is 2. The first-order valence-corrected chi connectivity index (χ1v) is 15.6. The van der Waals surface area contributed by atoms with Gasteiger partial charge >= 0.3 is 0 Å². The monoisotopic (exact) mass is 573 g/mol. The second kappa shape index (κ2) is 13.3. The number of methoxy groups -OCH3 is 1. The van der Waals surface area contributed by atoms with E-state index in [0.29, 0.717) is 22.9 Å². The van der Waals surface area contributed by atoms with E-state index in [0.717, 1.165) is 37.5 Å². The summed E-state index contributed by atoms with van der Waals surface area (Å²) < 4.78 is 42.5. The molecular formula is C29H39N3O7S. The molecule has 1 heterocycles. The van der Waals surface area contributed by atoms with Crippen LogP contribution in [0.3, 0.4) is 0 Å². The molecule has 11 heteroatoms. The highest BCUT2D eigenvalue weighted by molar-refractivity contribution is 7.92. The number of benzene rings is 2. The van der Waals surface area contributed by atoms with Gasteiger partial charge in [-0.1, -0.05) is 31.4 Å². The van der Waals surface area contributed by atoms with Gasteiger partial charge in [0.25, 0.3) is 0 Å². The van der Waals surface area contributed by atoms with Crippen LogP contribution in [0, 0.1) is 0 Å². The lowest BCUT2D eigenvalue weighted by Crippen LogP contribution is -2.50. The molecule has 0 aromatic heterocycles. The van der Waals surface area contributed by atoms with E-state index in [-0.39, 0.29) is 50.6 Å². The Kier molecular flexibility index (Phi) is 9.78. The Morgan fingerprint density at radius 1 is 1.05 bits per heavy atom. The molecule has 0 radical (unpaired) electrons. The van der Waals surface area contributed by atoms with Crippen LogP contribution in [-0.4, -0.2) is 63.9 Å². The molecule has 10 nitrogen and oxygen atoms in total. The van der Waals surface area contributed by atoms with E-state index in [1.807, 2.05) is 24.3 Å². The van der Waals surface area contributed by atoms with E-state index in [1.165, 1.54) is 10.7 Å². The fourth-order valence-corrected chi connectivity index (χ4v) is 6.08. The molecule has 0 saturated heterocycles. The van der Waals surface area contributed by atoms with Crippen LogP contribution >= 0.6 is 0 Å². The number of nitrogens with one attached hydrogen (secondary N) is 1. The molecule has 1 aliphatic heterocycles. The van der Waals surface area contributed by atoms with Crippen molar-refractivity contribution in [3.8, 4) is 17.2 Å². The van der Waals surface area contributed by atoms with E-state index < -0.39 is 16.1 Å². The minimum atomic E-state index is -3.62. The van der Waals surface area contributed by atoms with Gasteiger partial charge in [-0.05, 0) is 56.0 Å². The Morgan fingerprint density at radius 3 is 2.42 bits per heavy atom. The molecule has 1 atom stereocenters. The normalized spacial score (nSPS) is 15.8. The van der Waals surface area contributed by atoms with Gasteiger partial charge in [0.2, 0.25) is 28.6 Å². The Labute approximate surface area is 236 Å². The van der Waals surface area contributed by atoms with Crippen LogP contribution in [0.5, 0.6) is 17.2 Å². The van der Waals surface area contributed by atoms with E-state index in [4.69, 9.17) is 14.2 Å². The topological polar surface area (TPSA) is 114 Å². The van der Waals surface area contributed by atoms with Crippen LogP contribution in [0.25, 0.3) is 0 Å². The summed E-state index contributed by atoms with van der Waals surface area (Å²) in [6.07, 6.45) is 6.75. The third-order valence-corrected chi connectivity index (χ3v) is 8.62. The van der Waals surface area contributed by atoms with Gasteiger partial charge in [-0.15, -0.1) is 0 Å². The fraction of sp³-hybridized carbons (Fsp3) is 0.517. The van der Waals surface area contributed by atoms with Gasteiger partial charge in [-0.3, -0.25) is 13.9 Å². The molecule has 4 rings (SSSR count). The summed E-state index contributed by atoms with van der Waals surface area (Å²) in [5.41, 5.74) is 1.30. The van der Waals surface area contributed by atoms with Gasteiger partial charge in [0.15, 0.2) is 11.5 Å². The average molecular weight is 574 g/mol. The highest BCUT2D eigenvalue weighted by Crippen LogP contribution is 2.36. The molecule has 0 unspecified atom stereocenters. The van der Waals surface area contributed by atoms with Crippen molar-refractivity contribution in [1.82, 2.24) is 10.2 Å². The number of rotatable bonds is 12. The maximum atomic E-state index is 13.5. The summed E-state index contributed by atoms with van der Waals surface area (Å²) in [7, 11) is -2.03. The smallest absolute Gasteiger partial charge is 0.242 e. The standard InChI is InChI=1S/C29H39N3O7S/c1-21(29(34)30-23-8-5-4-6-9-23)31(19-22-11-14-25(37-2)15-12-22)28(33)10-7-17-32(40(3,35)36)24-13-16-26-27(18-24)39-20-38-26/h11-16,18,21,23H,4-10,17,19-20H2,1-3H3,(H,30,34)/t21-/m0/s1. The largest absolute Gasteiger partial charge is 0.497 e. The molecule has 0 bridgehead atoms. The van der Waals surface area contributed by atoms with Gasteiger partial charge in [0, 0.05) is 31.6 Å². The molecule has 1 N–H and O–H groups in total. The predicted molar refractivity (Wildman–Crippen MR) is 152 cm³/mol. The third kappa shape index (κ3) is 7.59. The molecule has 2 amide bonds. The van der Waals surface area contributed by atoms with Crippen LogP contribution in [0.1, 0.15) is 57.4 Å². The molecule has 1 saturated carbocycles. The molecule has 2 aliphatic rings. The van der Waals surface area contributed by atoms with Crippen LogP contribution < -0.4 is 23.8 Å². The Bertz CT molecular complexity index is 1280. The lowest BCUT2D eigenvalue weighted by atomic mass is 9.95. The first kappa shape index (κ1) is 29.5. The molecule has 218 valence electrons. The first-order chi connectivity index (χ1) is 19.2. The number of hydrogen-bond acceptors (Lipinski definition) is 7. The second-order valence-corrected chi connectivity index (χ2v) is 12.3. The number of ether oxygens (including phenoxy) is 3. The van der Waals surface area contributed by atoms with E-state index in [9.17, 15) is 18.0 Å². The van der Waals surface area contributed by atoms with E-state index in [2.05, 4.69) is 5.32 Å². The summed E-state index contributed by atoms with van der Waals surface area (Å²) in [4.78, 5) is 28.3. The number of nitrogens with zero attached hydrogens (tertiary/aromatic N) is 2. The molecule has 0 spiro atoms. The van der Waals surface area contributed by atoms with Crippen molar-refractivity contribution in [2.75, 3.05) is 31.0 Å². The Morgan fingerprint density at radius 2 is 1.75 bits per heavy atom. The number of hydrogen-bond donors (Lipinski definition) is 1. The van der Waals surface area contributed by atoms with Crippen molar-refractivity contribution in [2.24, 2.45) is 0 Å². The fourth-order valence-electron chi connectivity index (χ4n) is 5.12. The van der Waals surface area contributed by atoms with Gasteiger partial charge in [-0.2, -0.15) is 0 Å². The van der Waals surface area contributed by atoms with Crippen LogP contribution in [0.2, 0.25) is 0 Å². The summed E-state index contributed by atoms with van der Waals surface area (Å²) in [5.74, 6) is 1.34. The zero-order valence-corrected chi connectivity index (χ0v) is 24.2. The quantitative estimate of drug-likeness (QED) is 0.410. The molecule has 2 aromatic carbocycles. The van der Waals surface area contributed by atoms with Crippen LogP contribution in [0.15, 0.2) is 42.5 Å². The van der Waals surface area contributed by atoms with Crippen molar-refractivity contribution in [1.29, 1.82) is 0 Å². The number of fused-ring (bicyclic) bond motifs is 1. The van der Waals surface area contributed by atoms with Crippen molar-refractivity contribution in [3.05, 3.63) is 48.0 Å². The van der Waals surface area contributed by atoms with Crippen molar-refractivity contribution in [3.63, 3.8) is 0 Å². The number of carbonyl (C=O) groups is 2. The minimum absolute atomic E-state index is 0.0772. The van der Waals surface area contributed by atoms with Crippen molar-refractivity contribution < 1.29 is 32.2 Å². The van der Waals surface area contributed by atoms with Gasteiger partial charge in [0.1, 0.15) is 11.8 Å². The van der Waals surface area contributed by atoms with Crippen LogP contribution in [0.4, 0.5) is 5.69 Å². The number of sulfonamides is 1. The summed E-state index contributed by atoms with van der Waals surface area (Å²) >= 11 is 0. The maximum absolute atomic E-state index is 13.5. The zero-order chi connectivity index (χ0) is 28.7. The number of carbonyl (C=O) groups excluding carboxylic acids is 2. The predicted octanol–water partition coefficient (Wildman–Crippen LogP) is 3.84. The zero-order valence-electron chi connectivity index (χ0n) is 23.4.